The quantitative estimate of drug-likeness (QED) is 0.215. The van der Waals surface area contributed by atoms with Crippen LogP contribution in [0.25, 0.3) is 0 Å². The zero-order valence-electron chi connectivity index (χ0n) is 5.50. The van der Waals surface area contributed by atoms with Crippen molar-refractivity contribution in [2.45, 2.75) is 0 Å². The molecule has 0 heterocycles. The zero-order chi connectivity index (χ0) is 9.21. The molecular weight excluding hydrogens is 211 g/mol. The Morgan fingerprint density at radius 2 is 1.27 bits per heavy atom. The van der Waals surface area contributed by atoms with Crippen LogP contribution in [0.1, 0.15) is 0 Å². The smallest absolute Gasteiger partial charge is 0.776 e. The van der Waals surface area contributed by atoms with E-state index in [4.69, 9.17) is 31.4 Å². The molecule has 0 aliphatic heterocycles. The molecule has 0 aromatic rings. The molecule has 0 aliphatic carbocycles. The van der Waals surface area contributed by atoms with Gasteiger partial charge in [-0.25, -0.2) is 0 Å². The summed E-state index contributed by atoms with van der Waals surface area (Å²) in [4.78, 5) is 8.00. The topological polar surface area (TPSA) is 135 Å². The van der Waals surface area contributed by atoms with Crippen LogP contribution in [0.15, 0.2) is 0 Å². The number of hydrogen-bond acceptors (Lipinski definition) is 6. The van der Waals surface area contributed by atoms with Crippen molar-refractivity contribution in [3.8, 4) is 0 Å². The van der Waals surface area contributed by atoms with Gasteiger partial charge in [0.25, 0.3) is 0 Å². The number of carbonyl (C=O) groups excluding carboxylic acids is 1. The second kappa shape index (κ2) is 17.1. The molecule has 0 amide bonds. The molecule has 0 spiro atoms. The number of rotatable bonds is 0. The Morgan fingerprint density at radius 1 is 1.27 bits per heavy atom. The third kappa shape index (κ3) is 1280. The summed E-state index contributed by atoms with van der Waals surface area (Å²) in [5.74, 6) is 0. The van der Waals surface area contributed by atoms with Crippen LogP contribution in [-0.2, 0) is 15.2 Å². The fraction of sp³-hybridized carbons (Fsp3) is 0. The van der Waals surface area contributed by atoms with Crippen LogP contribution in [0.5, 0.6) is 0 Å². The molecule has 0 unspecified atom stereocenters. The molecule has 3 N–H and O–H groups in total. The molecule has 0 saturated carbocycles. The minimum Gasteiger partial charge on any atom is -0.776 e. The molecule has 0 aromatic heterocycles. The molecule has 0 fully saturated rings. The Labute approximate surface area is 90.1 Å². The van der Waals surface area contributed by atoms with E-state index in [9.17, 15) is 0 Å². The predicted octanol–water partition coefficient (Wildman–Crippen LogP) is -3.51. The van der Waals surface area contributed by atoms with Crippen LogP contribution in [-0.4, -0.2) is 33.4 Å². The van der Waals surface area contributed by atoms with Crippen molar-refractivity contribution in [1.82, 2.24) is 0 Å². The van der Waals surface area contributed by atoms with Gasteiger partial charge in [-0.1, -0.05) is 0 Å². The monoisotopic (exact) mass is 216 g/mol. The third-order valence-corrected chi connectivity index (χ3v) is 0. The first-order valence-electron chi connectivity index (χ1n) is 1.34. The van der Waals surface area contributed by atoms with Crippen molar-refractivity contribution >= 4 is 29.5 Å². The molecule has 0 aromatic carbocycles. The second-order valence-corrected chi connectivity index (χ2v) is 1.57. The average Bonchev–Trinajstić information content (AvgIpc) is 1.68. The molecule has 0 bridgehead atoms. The van der Waals surface area contributed by atoms with Crippen molar-refractivity contribution in [2.24, 2.45) is 0 Å². The van der Waals surface area contributed by atoms with Crippen LogP contribution in [0.2, 0.25) is 0 Å². The molecule has 7 nitrogen and oxygen atoms in total. The van der Waals surface area contributed by atoms with Crippen LogP contribution in [0.3, 0.4) is 0 Å². The summed E-state index contributed by atoms with van der Waals surface area (Å²) in [6, 6.07) is 0. The molecule has 0 rings (SSSR count). The van der Waals surface area contributed by atoms with Gasteiger partial charge >= 0.3 is 40.0 Å². The molecule has 0 aliphatic rings. The largest absolute Gasteiger partial charge is 1.00 e. The number of carbonyl (C=O) groups is 1. The van der Waals surface area contributed by atoms with Crippen LogP contribution >= 0.6 is 12.3 Å². The molecule has 0 radical (unpaired) electrons. The van der Waals surface area contributed by atoms with Gasteiger partial charge in [-0.3, -0.25) is 9.11 Å². The van der Waals surface area contributed by atoms with Gasteiger partial charge in [0.2, 0.25) is 0 Å². The van der Waals surface area contributed by atoms with Gasteiger partial charge in [-0.2, -0.15) is 8.42 Å². The van der Waals surface area contributed by atoms with Crippen molar-refractivity contribution in [3.05, 3.63) is 0 Å². The van der Waals surface area contributed by atoms with Crippen molar-refractivity contribution in [2.75, 3.05) is 0 Å². The van der Waals surface area contributed by atoms with Gasteiger partial charge in [-0.15, -0.1) is 12.3 Å². The van der Waals surface area contributed by atoms with Crippen LogP contribution < -0.4 is 29.6 Å². The molecule has 11 heavy (non-hydrogen) atoms. The molecular formula is CH5NaO7S2. The number of hydrogen-bond donors (Lipinski definition) is 3. The third-order valence-electron chi connectivity index (χ3n) is 0. The molecule has 64 valence electrons. The van der Waals surface area contributed by atoms with Gasteiger partial charge in [0, 0.05) is 0 Å². The Morgan fingerprint density at radius 3 is 1.27 bits per heavy atom. The zero-order valence-corrected chi connectivity index (χ0v) is 9.13. The predicted molar refractivity (Wildman–Crippen MR) is 32.3 cm³/mol. The first-order chi connectivity index (χ1) is 4.41. The van der Waals surface area contributed by atoms with E-state index in [1.54, 1.807) is 0 Å². The van der Waals surface area contributed by atoms with Gasteiger partial charge in [-0.05, 0) is 0 Å². The summed E-state index contributed by atoms with van der Waals surface area (Å²) in [5, 5.41) is 0. The summed E-state index contributed by atoms with van der Waals surface area (Å²) in [7, 11) is -4.67. The maximum absolute atomic E-state index is 8.74. The Hall–Kier alpha value is 0.810. The summed E-state index contributed by atoms with van der Waals surface area (Å²) >= 11 is -0.500. The van der Waals surface area contributed by atoms with Gasteiger partial charge in [0.1, 0.15) is 6.79 Å². The Balaban J connectivity index is -0.0000000360. The Kier molecular flexibility index (Phi) is 35.1. The van der Waals surface area contributed by atoms with E-state index in [0.29, 0.717) is 0 Å². The van der Waals surface area contributed by atoms with E-state index in [0.717, 1.165) is 0 Å². The molecule has 0 saturated heterocycles. The summed E-state index contributed by atoms with van der Waals surface area (Å²) < 4.78 is 46.9. The van der Waals surface area contributed by atoms with E-state index >= 15 is 0 Å². The molecule has 0 atom stereocenters. The van der Waals surface area contributed by atoms with Crippen LogP contribution in [0, 0.1) is 0 Å². The maximum atomic E-state index is 8.74. The maximum Gasteiger partial charge on any atom is 1.00 e. The minimum absolute atomic E-state index is 0. The van der Waals surface area contributed by atoms with Crippen molar-refractivity contribution < 1.29 is 61.0 Å². The standard InChI is InChI=1S/CH2O.Na.H2O4S.H2O2S/c1-2;;1-5(2,3)4;1-3-2/h1H2;;(H2,1,2,3,4);1-2H/q;+1;;/p-1. The van der Waals surface area contributed by atoms with E-state index in [1.165, 1.54) is 0 Å². The van der Waals surface area contributed by atoms with Crippen molar-refractivity contribution in [1.29, 1.82) is 0 Å². The summed E-state index contributed by atoms with van der Waals surface area (Å²) in [6.07, 6.45) is 0. The van der Waals surface area contributed by atoms with Gasteiger partial charge in [0.15, 0.2) is 0 Å². The van der Waals surface area contributed by atoms with E-state index in [1.807, 2.05) is 6.79 Å². The normalized spacial score (nSPS) is 7.27. The first-order valence-corrected chi connectivity index (χ1v) is 3.43. The fourth-order valence-electron chi connectivity index (χ4n) is 0. The Bertz CT molecular complexity index is 121. The van der Waals surface area contributed by atoms with Gasteiger partial charge in [0.05, 0.1) is 0 Å². The summed E-state index contributed by atoms with van der Waals surface area (Å²) in [5.41, 5.74) is 0. The van der Waals surface area contributed by atoms with Crippen LogP contribution in [0.4, 0.5) is 0 Å². The van der Waals surface area contributed by atoms with E-state index < -0.39 is 22.7 Å². The minimum atomic E-state index is -4.67. The summed E-state index contributed by atoms with van der Waals surface area (Å²) in [6.45, 7) is 2.00. The van der Waals surface area contributed by atoms with Gasteiger partial charge < -0.3 is 13.9 Å². The van der Waals surface area contributed by atoms with Crippen molar-refractivity contribution in [3.63, 3.8) is 0 Å². The average molecular weight is 216 g/mol. The molecule has 10 heteroatoms. The fourth-order valence-corrected chi connectivity index (χ4v) is 0. The first kappa shape index (κ1) is 22.6. The SMILES string of the molecule is C=O.O=S(=O)(O)O.[Na+].[O-]SO. The van der Waals surface area contributed by atoms with E-state index in [-0.39, 0.29) is 29.6 Å². The van der Waals surface area contributed by atoms with E-state index in [2.05, 4.69) is 0 Å². The second-order valence-electron chi connectivity index (χ2n) is 0.522.